The predicted octanol–water partition coefficient (Wildman–Crippen LogP) is 5.40. The van der Waals surface area contributed by atoms with Gasteiger partial charge in [-0.05, 0) is 42.8 Å². The molecule has 0 atom stereocenters. The van der Waals surface area contributed by atoms with Gasteiger partial charge in [0.25, 0.3) is 11.5 Å². The Labute approximate surface area is 197 Å². The fraction of sp³-hybridized carbons (Fsp3) is 0.143. The van der Waals surface area contributed by atoms with Crippen LogP contribution in [0, 0.1) is 0 Å². The maximum Gasteiger partial charge on any atom is 0.269 e. The molecule has 1 aliphatic heterocycles. The minimum atomic E-state index is -0.383. The molecular formula is C21H15Cl2N3O3S2. The molecule has 3 heterocycles. The van der Waals surface area contributed by atoms with Crippen LogP contribution in [0.15, 0.2) is 52.3 Å². The molecule has 0 N–H and O–H groups in total. The van der Waals surface area contributed by atoms with E-state index in [4.69, 9.17) is 40.2 Å². The van der Waals surface area contributed by atoms with Gasteiger partial charge in [-0.3, -0.25) is 18.9 Å². The number of benzene rings is 1. The minimum Gasteiger partial charge on any atom is -0.437 e. The summed E-state index contributed by atoms with van der Waals surface area (Å²) < 4.78 is 7.74. The van der Waals surface area contributed by atoms with Crippen molar-refractivity contribution in [2.24, 2.45) is 0 Å². The summed E-state index contributed by atoms with van der Waals surface area (Å²) in [4.78, 5) is 32.4. The molecule has 31 heavy (non-hydrogen) atoms. The molecule has 10 heteroatoms. The van der Waals surface area contributed by atoms with E-state index in [2.05, 4.69) is 4.98 Å². The maximum absolute atomic E-state index is 13.2. The summed E-state index contributed by atoms with van der Waals surface area (Å²) in [7, 11) is 0. The van der Waals surface area contributed by atoms with Crippen LogP contribution in [0.4, 0.5) is 0 Å². The molecule has 1 aliphatic rings. The molecule has 6 nitrogen and oxygen atoms in total. The standard InChI is InChI=1S/C21H15Cl2N3O3S2/c1-2-8-26-20(28)16(31-21(26)30)11-13-18(29-15-7-6-12(22)10-14(15)23)24-17-5-3-4-9-25(17)19(13)27/h3-7,9-11H,2,8H2,1H3/b16-11+. The Morgan fingerprint density at radius 2 is 2.03 bits per heavy atom. The van der Waals surface area contributed by atoms with Gasteiger partial charge in [-0.15, -0.1) is 0 Å². The van der Waals surface area contributed by atoms with Gasteiger partial charge in [0, 0.05) is 17.8 Å². The van der Waals surface area contributed by atoms with Gasteiger partial charge in [0.05, 0.1) is 9.93 Å². The molecule has 0 bridgehead atoms. The van der Waals surface area contributed by atoms with Crippen molar-refractivity contribution in [3.8, 4) is 11.6 Å². The lowest BCUT2D eigenvalue weighted by Crippen LogP contribution is -2.28. The molecule has 0 saturated carbocycles. The molecule has 3 aromatic rings. The maximum atomic E-state index is 13.2. The smallest absolute Gasteiger partial charge is 0.269 e. The zero-order valence-electron chi connectivity index (χ0n) is 16.2. The monoisotopic (exact) mass is 491 g/mol. The zero-order chi connectivity index (χ0) is 22.1. The number of fused-ring (bicyclic) bond motifs is 1. The minimum absolute atomic E-state index is 0.0289. The van der Waals surface area contributed by atoms with Crippen LogP contribution in [0.3, 0.4) is 0 Å². The molecular weight excluding hydrogens is 477 g/mol. The third kappa shape index (κ3) is 4.34. The largest absolute Gasteiger partial charge is 0.437 e. The van der Waals surface area contributed by atoms with Crippen molar-refractivity contribution in [2.45, 2.75) is 13.3 Å². The number of carbonyl (C=O) groups excluding carboxylic acids is 1. The number of thiocarbonyl (C=S) groups is 1. The number of nitrogens with zero attached hydrogens (tertiary/aromatic N) is 3. The van der Waals surface area contributed by atoms with Crippen molar-refractivity contribution in [2.75, 3.05) is 6.54 Å². The molecule has 0 unspecified atom stereocenters. The highest BCUT2D eigenvalue weighted by Gasteiger charge is 2.32. The lowest BCUT2D eigenvalue weighted by Gasteiger charge is -2.12. The zero-order valence-corrected chi connectivity index (χ0v) is 19.3. The van der Waals surface area contributed by atoms with Gasteiger partial charge < -0.3 is 4.74 Å². The van der Waals surface area contributed by atoms with E-state index in [0.717, 1.165) is 18.2 Å². The second-order valence-corrected chi connectivity index (χ2v) is 9.09. The van der Waals surface area contributed by atoms with E-state index in [1.807, 2.05) is 6.92 Å². The Kier molecular flexibility index (Phi) is 6.34. The number of aromatic nitrogens is 2. The quantitative estimate of drug-likeness (QED) is 0.351. The van der Waals surface area contributed by atoms with Gasteiger partial charge in [0.15, 0.2) is 0 Å². The van der Waals surface area contributed by atoms with Crippen molar-refractivity contribution in [1.29, 1.82) is 0 Å². The van der Waals surface area contributed by atoms with Gasteiger partial charge in [0.1, 0.15) is 21.3 Å². The van der Waals surface area contributed by atoms with Crippen molar-refractivity contribution in [3.05, 3.63) is 73.5 Å². The van der Waals surface area contributed by atoms with Gasteiger partial charge in [0.2, 0.25) is 5.88 Å². The SMILES string of the molecule is CCCN1C(=O)/C(=C\c2c(Oc3ccc(Cl)cc3Cl)nc3ccccn3c2=O)SC1=S. The second-order valence-electron chi connectivity index (χ2n) is 6.57. The average Bonchev–Trinajstić information content (AvgIpc) is 3.00. The number of rotatable bonds is 5. The third-order valence-corrected chi connectivity index (χ3v) is 6.34. The highest BCUT2D eigenvalue weighted by atomic mass is 35.5. The fourth-order valence-electron chi connectivity index (χ4n) is 2.99. The second kappa shape index (κ2) is 9.00. The predicted molar refractivity (Wildman–Crippen MR) is 128 cm³/mol. The summed E-state index contributed by atoms with van der Waals surface area (Å²) in [6.45, 7) is 2.48. The number of pyridine rings is 1. The Morgan fingerprint density at radius 1 is 1.23 bits per heavy atom. The molecule has 1 fully saturated rings. The molecule has 0 radical (unpaired) electrons. The lowest BCUT2D eigenvalue weighted by atomic mass is 10.2. The van der Waals surface area contributed by atoms with Crippen molar-refractivity contribution in [1.82, 2.24) is 14.3 Å². The Morgan fingerprint density at radius 3 is 2.77 bits per heavy atom. The van der Waals surface area contributed by atoms with Crippen molar-refractivity contribution < 1.29 is 9.53 Å². The van der Waals surface area contributed by atoms with Crippen LogP contribution < -0.4 is 10.3 Å². The van der Waals surface area contributed by atoms with Crippen LogP contribution >= 0.6 is 47.2 Å². The number of hydrogen-bond acceptors (Lipinski definition) is 6. The highest BCUT2D eigenvalue weighted by molar-refractivity contribution is 8.26. The van der Waals surface area contributed by atoms with Crippen LogP contribution in [-0.2, 0) is 4.79 Å². The molecule has 158 valence electrons. The summed E-state index contributed by atoms with van der Waals surface area (Å²) in [5.41, 5.74) is 0.126. The van der Waals surface area contributed by atoms with E-state index in [-0.39, 0.29) is 33.7 Å². The first-order valence-electron chi connectivity index (χ1n) is 9.28. The molecule has 1 aromatic carbocycles. The van der Waals surface area contributed by atoms with Crippen LogP contribution in [0.5, 0.6) is 11.6 Å². The summed E-state index contributed by atoms with van der Waals surface area (Å²) in [6.07, 6.45) is 3.84. The molecule has 0 aliphatic carbocycles. The molecule has 2 aromatic heterocycles. The Hall–Kier alpha value is -2.39. The van der Waals surface area contributed by atoms with Crippen molar-refractivity contribution >= 4 is 69.1 Å². The summed E-state index contributed by atoms with van der Waals surface area (Å²) in [6, 6.07) is 9.90. The third-order valence-electron chi connectivity index (χ3n) is 4.43. The first-order valence-corrected chi connectivity index (χ1v) is 11.3. The van der Waals surface area contributed by atoms with E-state index in [1.165, 1.54) is 21.4 Å². The molecule has 4 rings (SSSR count). The van der Waals surface area contributed by atoms with E-state index >= 15 is 0 Å². The topological polar surface area (TPSA) is 63.9 Å². The number of carbonyl (C=O) groups is 1. The van der Waals surface area contributed by atoms with Gasteiger partial charge in [-0.1, -0.05) is 60.2 Å². The van der Waals surface area contributed by atoms with Crippen LogP contribution in [-0.4, -0.2) is 31.1 Å². The number of ether oxygens (including phenoxy) is 1. The van der Waals surface area contributed by atoms with Crippen LogP contribution in [0.1, 0.15) is 18.9 Å². The van der Waals surface area contributed by atoms with E-state index in [0.29, 0.717) is 26.4 Å². The Balaban J connectivity index is 1.86. The van der Waals surface area contributed by atoms with E-state index in [9.17, 15) is 9.59 Å². The summed E-state index contributed by atoms with van der Waals surface area (Å²) >= 11 is 18.7. The average molecular weight is 492 g/mol. The molecule has 1 amide bonds. The lowest BCUT2D eigenvalue weighted by molar-refractivity contribution is -0.122. The van der Waals surface area contributed by atoms with E-state index in [1.54, 1.807) is 36.5 Å². The van der Waals surface area contributed by atoms with Gasteiger partial charge >= 0.3 is 0 Å². The van der Waals surface area contributed by atoms with Gasteiger partial charge in [-0.25, -0.2) is 0 Å². The molecule has 1 saturated heterocycles. The van der Waals surface area contributed by atoms with E-state index < -0.39 is 0 Å². The number of amides is 1. The highest BCUT2D eigenvalue weighted by Crippen LogP contribution is 2.35. The van der Waals surface area contributed by atoms with Gasteiger partial charge in [-0.2, -0.15) is 4.98 Å². The number of hydrogen-bond donors (Lipinski definition) is 0. The van der Waals surface area contributed by atoms with Crippen molar-refractivity contribution in [3.63, 3.8) is 0 Å². The summed E-state index contributed by atoms with van der Waals surface area (Å²) in [5.74, 6) is 0.0671. The Bertz CT molecular complexity index is 1310. The van der Waals surface area contributed by atoms with Crippen LogP contribution in [0.2, 0.25) is 10.0 Å². The first kappa shape index (κ1) is 21.8. The van der Waals surface area contributed by atoms with Crippen LogP contribution in [0.25, 0.3) is 11.7 Å². The fourth-order valence-corrected chi connectivity index (χ4v) is 4.73. The molecule has 0 spiro atoms. The number of thioether (sulfide) groups is 1. The first-order chi connectivity index (χ1) is 14.9. The number of halogens is 2. The summed E-state index contributed by atoms with van der Waals surface area (Å²) in [5, 5.41) is 0.714. The normalized spacial score (nSPS) is 15.3.